The molecule has 1 amide bonds. The molecule has 0 radical (unpaired) electrons. The lowest BCUT2D eigenvalue weighted by Gasteiger charge is -2.32. The average molecular weight is 374 g/mol. The molecule has 0 spiro atoms. The number of likely N-dealkylation sites (tertiary alicyclic amines) is 1. The zero-order valence-corrected chi connectivity index (χ0v) is 14.9. The van der Waals surface area contributed by atoms with Gasteiger partial charge >= 0.3 is 5.97 Å². The smallest absolute Gasteiger partial charge is 0.326 e. The van der Waals surface area contributed by atoms with Gasteiger partial charge in [0.2, 0.25) is 0 Å². The summed E-state index contributed by atoms with van der Waals surface area (Å²) >= 11 is 1.11. The van der Waals surface area contributed by atoms with Crippen molar-refractivity contribution in [3.05, 3.63) is 41.2 Å². The minimum absolute atomic E-state index is 0.0173. The van der Waals surface area contributed by atoms with Crippen molar-refractivity contribution in [1.82, 2.24) is 9.88 Å². The Bertz CT molecular complexity index is 853. The van der Waals surface area contributed by atoms with Gasteiger partial charge in [0.25, 0.3) is 5.91 Å². The number of carbonyl (C=O) groups excluding carboxylic acids is 1. The third-order valence-electron chi connectivity index (χ3n) is 5.43. The zero-order chi connectivity index (χ0) is 18.3. The van der Waals surface area contributed by atoms with Crippen molar-refractivity contribution in [3.63, 3.8) is 0 Å². The first-order chi connectivity index (χ1) is 12.6. The molecule has 136 valence electrons. The maximum atomic E-state index is 14.0. The summed E-state index contributed by atoms with van der Waals surface area (Å²) in [6, 6.07) is 5.49. The van der Waals surface area contributed by atoms with E-state index in [9.17, 15) is 19.1 Å². The molecular formula is C19H19FN2O3S. The number of hydrogen-bond donors (Lipinski definition) is 1. The molecule has 2 fully saturated rings. The number of rotatable bonds is 3. The molecule has 1 aromatic carbocycles. The molecule has 1 saturated carbocycles. The summed E-state index contributed by atoms with van der Waals surface area (Å²) < 4.78 is 14.0. The number of carboxylic acid groups (broad SMARTS) is 1. The fraction of sp³-hybridized carbons (Fsp3) is 0.421. The lowest BCUT2D eigenvalue weighted by molar-refractivity contribution is -0.141. The predicted molar refractivity (Wildman–Crippen MR) is 95.5 cm³/mol. The zero-order valence-electron chi connectivity index (χ0n) is 14.1. The number of benzene rings is 1. The van der Waals surface area contributed by atoms with E-state index >= 15 is 0 Å². The van der Waals surface area contributed by atoms with Crippen molar-refractivity contribution in [2.45, 2.75) is 44.2 Å². The van der Waals surface area contributed by atoms with Crippen LogP contribution >= 0.6 is 11.3 Å². The summed E-state index contributed by atoms with van der Waals surface area (Å²) in [7, 11) is 0. The van der Waals surface area contributed by atoms with Crippen LogP contribution in [0.3, 0.4) is 0 Å². The lowest BCUT2D eigenvalue weighted by Crippen LogP contribution is -2.46. The van der Waals surface area contributed by atoms with Gasteiger partial charge in [0.1, 0.15) is 21.7 Å². The van der Waals surface area contributed by atoms with E-state index in [0.29, 0.717) is 21.9 Å². The highest BCUT2D eigenvalue weighted by molar-refractivity contribution is 7.16. The molecule has 2 heterocycles. The molecule has 1 aliphatic heterocycles. The second kappa shape index (κ2) is 6.79. The highest BCUT2D eigenvalue weighted by Crippen LogP contribution is 2.41. The summed E-state index contributed by atoms with van der Waals surface area (Å²) in [6.07, 6.45) is 5.88. The number of aliphatic carboxylic acids is 1. The normalized spacial score (nSPS) is 25.1. The van der Waals surface area contributed by atoms with Crippen LogP contribution in [-0.4, -0.2) is 39.0 Å². The lowest BCUT2D eigenvalue weighted by atomic mass is 9.85. The van der Waals surface area contributed by atoms with Crippen LogP contribution in [0.1, 0.15) is 41.8 Å². The van der Waals surface area contributed by atoms with Crippen molar-refractivity contribution < 1.29 is 19.1 Å². The standard InChI is InChI=1S/C19H19FN2O3S/c20-13-7-3-2-6-12(13)17-21-10-16(26-17)18(23)22-14-8-4-1-5-11(14)9-15(22)19(24)25/h2-3,6-7,10-11,14-15H,1,4-5,8-9H2,(H,24,25). The SMILES string of the molecule is O=C(O)C1CC2CCCCC2N1C(=O)c1cnc(-c2ccccc2F)s1. The Hall–Kier alpha value is -2.28. The first kappa shape index (κ1) is 17.1. The van der Waals surface area contributed by atoms with Gasteiger partial charge in [0.05, 0.1) is 6.20 Å². The fourth-order valence-corrected chi connectivity index (χ4v) is 5.12. The second-order valence-electron chi connectivity index (χ2n) is 6.92. The number of carboxylic acids is 1. The van der Waals surface area contributed by atoms with Gasteiger partial charge in [-0.2, -0.15) is 0 Å². The van der Waals surface area contributed by atoms with Crippen LogP contribution in [0, 0.1) is 11.7 Å². The highest BCUT2D eigenvalue weighted by atomic mass is 32.1. The number of halogens is 1. The van der Waals surface area contributed by atoms with Crippen molar-refractivity contribution in [2.75, 3.05) is 0 Å². The quantitative estimate of drug-likeness (QED) is 0.887. The van der Waals surface area contributed by atoms with Gasteiger partial charge in [-0.05, 0) is 37.3 Å². The van der Waals surface area contributed by atoms with Crippen LogP contribution < -0.4 is 0 Å². The Morgan fingerprint density at radius 3 is 2.77 bits per heavy atom. The molecule has 7 heteroatoms. The molecule has 0 bridgehead atoms. The summed E-state index contributed by atoms with van der Waals surface area (Å²) in [5.74, 6) is -1.39. The van der Waals surface area contributed by atoms with Crippen LogP contribution in [0.2, 0.25) is 0 Å². The van der Waals surface area contributed by atoms with Crippen molar-refractivity contribution in [3.8, 4) is 10.6 Å². The van der Waals surface area contributed by atoms with Gasteiger partial charge in [-0.1, -0.05) is 25.0 Å². The molecule has 4 rings (SSSR count). The van der Waals surface area contributed by atoms with Gasteiger partial charge in [0, 0.05) is 11.6 Å². The van der Waals surface area contributed by atoms with Crippen molar-refractivity contribution in [1.29, 1.82) is 0 Å². The minimum atomic E-state index is -0.952. The number of fused-ring (bicyclic) bond motifs is 1. The molecule has 2 aliphatic rings. The first-order valence-electron chi connectivity index (χ1n) is 8.82. The number of thiazole rings is 1. The Morgan fingerprint density at radius 1 is 1.23 bits per heavy atom. The van der Waals surface area contributed by atoms with Crippen LogP contribution in [0.4, 0.5) is 4.39 Å². The molecule has 5 nitrogen and oxygen atoms in total. The van der Waals surface area contributed by atoms with Gasteiger partial charge < -0.3 is 10.0 Å². The Labute approximate surface area is 154 Å². The summed E-state index contributed by atoms with van der Waals surface area (Å²) in [6.45, 7) is 0. The van der Waals surface area contributed by atoms with E-state index in [2.05, 4.69) is 4.98 Å². The van der Waals surface area contributed by atoms with Crippen molar-refractivity contribution >= 4 is 23.2 Å². The van der Waals surface area contributed by atoms with Crippen LogP contribution in [0.25, 0.3) is 10.6 Å². The predicted octanol–water partition coefficient (Wildman–Crippen LogP) is 3.81. The van der Waals surface area contributed by atoms with Gasteiger partial charge in [-0.25, -0.2) is 14.2 Å². The molecule has 3 atom stereocenters. The number of carbonyl (C=O) groups is 2. The largest absolute Gasteiger partial charge is 0.480 e. The van der Waals surface area contributed by atoms with E-state index < -0.39 is 17.8 Å². The number of amides is 1. The van der Waals surface area contributed by atoms with Gasteiger partial charge in [-0.15, -0.1) is 11.3 Å². The number of aromatic nitrogens is 1. The molecule has 26 heavy (non-hydrogen) atoms. The van der Waals surface area contributed by atoms with E-state index in [1.54, 1.807) is 23.1 Å². The van der Waals surface area contributed by atoms with Crippen molar-refractivity contribution in [2.24, 2.45) is 5.92 Å². The third kappa shape index (κ3) is 2.90. The van der Waals surface area contributed by atoms with Crippen LogP contribution in [-0.2, 0) is 4.79 Å². The third-order valence-corrected chi connectivity index (χ3v) is 6.45. The second-order valence-corrected chi connectivity index (χ2v) is 7.95. The monoisotopic (exact) mass is 374 g/mol. The summed E-state index contributed by atoms with van der Waals surface area (Å²) in [5.41, 5.74) is 0.350. The average Bonchev–Trinajstić information content (AvgIpc) is 3.26. The van der Waals surface area contributed by atoms with E-state index in [4.69, 9.17) is 0 Å². The van der Waals surface area contributed by atoms with Gasteiger partial charge in [-0.3, -0.25) is 4.79 Å². The van der Waals surface area contributed by atoms with Crippen LogP contribution in [0.15, 0.2) is 30.5 Å². The Balaban J connectivity index is 1.64. The molecule has 1 N–H and O–H groups in total. The van der Waals surface area contributed by atoms with Gasteiger partial charge in [0.15, 0.2) is 0 Å². The number of hydrogen-bond acceptors (Lipinski definition) is 4. The Kier molecular flexibility index (Phi) is 4.48. The maximum absolute atomic E-state index is 14.0. The molecular weight excluding hydrogens is 355 g/mol. The van der Waals surface area contributed by atoms with Crippen LogP contribution in [0.5, 0.6) is 0 Å². The Morgan fingerprint density at radius 2 is 2.00 bits per heavy atom. The van der Waals surface area contributed by atoms with E-state index in [-0.39, 0.29) is 17.9 Å². The maximum Gasteiger partial charge on any atom is 0.326 e. The topological polar surface area (TPSA) is 70.5 Å². The van der Waals surface area contributed by atoms with E-state index in [0.717, 1.165) is 37.0 Å². The minimum Gasteiger partial charge on any atom is -0.480 e. The summed E-state index contributed by atoms with van der Waals surface area (Å²) in [4.78, 5) is 30.9. The summed E-state index contributed by atoms with van der Waals surface area (Å²) in [5, 5.41) is 10.0. The molecule has 1 aromatic heterocycles. The number of nitrogens with zero attached hydrogens (tertiary/aromatic N) is 2. The highest BCUT2D eigenvalue weighted by Gasteiger charge is 2.48. The fourth-order valence-electron chi connectivity index (χ4n) is 4.23. The first-order valence-corrected chi connectivity index (χ1v) is 9.64. The van der Waals surface area contributed by atoms with E-state index in [1.165, 1.54) is 12.3 Å². The molecule has 2 aromatic rings. The van der Waals surface area contributed by atoms with E-state index in [1.807, 2.05) is 0 Å². The molecule has 1 saturated heterocycles. The molecule has 3 unspecified atom stereocenters. The molecule has 1 aliphatic carbocycles.